The van der Waals surface area contributed by atoms with E-state index in [9.17, 15) is 0 Å². The fourth-order valence-electron chi connectivity index (χ4n) is 5.97. The number of hydrogen-bond acceptors (Lipinski definition) is 4. The zero-order valence-electron chi connectivity index (χ0n) is 18.9. The molecule has 1 fully saturated rings. The SMILES string of the molecule is C=CCN1c2ccccc2N2CC(CBr)C(CC(Cl)(Cl)Cl)CN3c4ccccc4N(CC=C)[Si]123. The summed E-state index contributed by atoms with van der Waals surface area (Å²) in [5.41, 5.74) is 5.01. The average Bonchev–Trinajstić information content (AvgIpc) is 3.17. The second kappa shape index (κ2) is 9.29. The summed E-state index contributed by atoms with van der Waals surface area (Å²) in [6.07, 6.45) is 4.54. The van der Waals surface area contributed by atoms with E-state index < -0.39 is 12.5 Å². The van der Waals surface area contributed by atoms with Gasteiger partial charge in [-0.15, -0.1) is 13.2 Å². The molecule has 9 heteroatoms. The summed E-state index contributed by atoms with van der Waals surface area (Å²) in [5, 5.41) is 0.847. The van der Waals surface area contributed by atoms with E-state index in [2.05, 4.69) is 95.9 Å². The number of nitrogens with zero attached hydrogens (tertiary/aromatic N) is 4. The maximum atomic E-state index is 6.39. The summed E-state index contributed by atoms with van der Waals surface area (Å²) >= 11 is 23.0. The van der Waals surface area contributed by atoms with Crippen molar-refractivity contribution < 1.29 is 0 Å². The molecule has 2 aromatic rings. The van der Waals surface area contributed by atoms with Crippen molar-refractivity contribution in [2.45, 2.75) is 10.2 Å². The molecule has 0 aliphatic carbocycles. The topological polar surface area (TPSA) is 13.0 Å². The van der Waals surface area contributed by atoms with Gasteiger partial charge < -0.3 is 18.3 Å². The highest BCUT2D eigenvalue weighted by Gasteiger charge is 2.68. The number of para-hydroxylation sites is 4. The number of benzene rings is 2. The molecule has 0 radical (unpaired) electrons. The molecule has 0 bridgehead atoms. The van der Waals surface area contributed by atoms with E-state index in [0.717, 1.165) is 31.5 Å². The second-order valence-electron chi connectivity index (χ2n) is 9.09. The summed E-state index contributed by atoms with van der Waals surface area (Å²) in [6.45, 7) is 11.5. The largest absolute Gasteiger partial charge is 0.503 e. The number of alkyl halides is 4. The van der Waals surface area contributed by atoms with E-state index in [-0.39, 0.29) is 5.92 Å². The zero-order valence-corrected chi connectivity index (χ0v) is 23.7. The highest BCUT2D eigenvalue weighted by molar-refractivity contribution is 9.09. The number of halogens is 4. The smallest absolute Gasteiger partial charge is 0.345 e. The molecule has 1 saturated heterocycles. The Hall–Kier alpha value is -1.31. The van der Waals surface area contributed by atoms with Gasteiger partial charge in [-0.25, -0.2) is 0 Å². The molecule has 4 nitrogen and oxygen atoms in total. The Morgan fingerprint density at radius 1 is 0.824 bits per heavy atom. The van der Waals surface area contributed by atoms with Crippen LogP contribution in [0.5, 0.6) is 0 Å². The van der Waals surface area contributed by atoms with Crippen molar-refractivity contribution in [3.05, 3.63) is 73.8 Å². The van der Waals surface area contributed by atoms with Gasteiger partial charge in [-0.3, -0.25) is 0 Å². The Morgan fingerprint density at radius 3 is 1.68 bits per heavy atom. The van der Waals surface area contributed by atoms with Crippen molar-refractivity contribution in [1.82, 2.24) is 0 Å². The van der Waals surface area contributed by atoms with Crippen LogP contribution in [0.3, 0.4) is 0 Å². The van der Waals surface area contributed by atoms with Crippen LogP contribution in [0, 0.1) is 11.8 Å². The van der Waals surface area contributed by atoms with Gasteiger partial charge in [-0.2, -0.15) is 0 Å². The molecule has 34 heavy (non-hydrogen) atoms. The van der Waals surface area contributed by atoms with Crippen LogP contribution in [-0.2, 0) is 0 Å². The Bertz CT molecular complexity index is 1080. The molecular formula is C25H28BrCl3N4Si. The van der Waals surface area contributed by atoms with E-state index in [1.807, 2.05) is 12.2 Å². The lowest BCUT2D eigenvalue weighted by Gasteiger charge is -2.48. The molecule has 180 valence electrons. The molecule has 0 saturated carbocycles. The van der Waals surface area contributed by atoms with Crippen LogP contribution in [0.25, 0.3) is 0 Å². The van der Waals surface area contributed by atoms with Gasteiger partial charge in [0.25, 0.3) is 0 Å². The Kier molecular flexibility index (Phi) is 6.66. The molecule has 3 aliphatic heterocycles. The molecule has 3 heterocycles. The predicted octanol–water partition coefficient (Wildman–Crippen LogP) is 6.85. The lowest BCUT2D eigenvalue weighted by Crippen LogP contribution is -2.80. The van der Waals surface area contributed by atoms with Gasteiger partial charge in [0.1, 0.15) is 0 Å². The Morgan fingerprint density at radius 2 is 1.26 bits per heavy atom. The lowest BCUT2D eigenvalue weighted by molar-refractivity contribution is 0.371. The first-order valence-corrected chi connectivity index (χ1v) is 15.5. The number of hydrogen-bond donors (Lipinski definition) is 0. The maximum Gasteiger partial charge on any atom is 0.503 e. The van der Waals surface area contributed by atoms with E-state index in [1.165, 1.54) is 22.7 Å². The van der Waals surface area contributed by atoms with Crippen LogP contribution in [-0.4, -0.2) is 44.0 Å². The van der Waals surface area contributed by atoms with E-state index in [4.69, 9.17) is 34.8 Å². The number of fused-ring (bicyclic) bond motifs is 4. The maximum absolute atomic E-state index is 6.39. The van der Waals surface area contributed by atoms with Gasteiger partial charge in [0.05, 0.1) is 22.7 Å². The molecule has 0 aromatic heterocycles. The number of rotatable bonds is 6. The molecule has 0 amide bonds. The Labute approximate surface area is 226 Å². The van der Waals surface area contributed by atoms with Crippen molar-refractivity contribution in [3.8, 4) is 0 Å². The molecule has 0 N–H and O–H groups in total. The minimum absolute atomic E-state index is 0.205. The standard InChI is InChI=1S/C25H28BrCl3N4Si/c1-3-13-30-21-9-5-7-11-23(21)32-17-19(15-25(27,28)29)20(16-26)18-33-24-12-8-6-10-22(24)31(14-4-2)34(30,32)33/h3-12,19-20H,1-2,13-18H2. The van der Waals surface area contributed by atoms with Gasteiger partial charge in [0.2, 0.25) is 0 Å². The van der Waals surface area contributed by atoms with Gasteiger partial charge in [0.15, 0.2) is 3.79 Å². The molecular weight excluding hydrogens is 571 g/mol. The van der Waals surface area contributed by atoms with Crippen LogP contribution < -0.4 is 18.3 Å². The fraction of sp³-hybridized carbons (Fsp3) is 0.360. The Balaban J connectivity index is 1.78. The van der Waals surface area contributed by atoms with Crippen molar-refractivity contribution in [1.29, 1.82) is 0 Å². The third-order valence-corrected chi connectivity index (χ3v) is 13.1. The van der Waals surface area contributed by atoms with Crippen molar-refractivity contribution in [2.75, 3.05) is 49.8 Å². The average molecular weight is 599 g/mol. The molecule has 3 aliphatic rings. The van der Waals surface area contributed by atoms with Crippen LogP contribution in [0.2, 0.25) is 0 Å². The van der Waals surface area contributed by atoms with Crippen LogP contribution >= 0.6 is 50.7 Å². The molecule has 2 aromatic carbocycles. The highest BCUT2D eigenvalue weighted by Crippen LogP contribution is 2.56. The van der Waals surface area contributed by atoms with Gasteiger partial charge in [0, 0.05) is 31.5 Å². The second-order valence-corrected chi connectivity index (χ2v) is 15.6. The van der Waals surface area contributed by atoms with E-state index in [0.29, 0.717) is 12.3 Å². The fourth-order valence-corrected chi connectivity index (χ4v) is 12.8. The molecule has 5 rings (SSSR count). The third kappa shape index (κ3) is 3.68. The summed E-state index contributed by atoms with van der Waals surface area (Å²) in [6, 6.07) is 17.5. The van der Waals surface area contributed by atoms with Gasteiger partial charge in [-0.1, -0.05) is 87.2 Å². The highest BCUT2D eigenvalue weighted by atomic mass is 79.9. The lowest BCUT2D eigenvalue weighted by atomic mass is 9.90. The molecule has 1 spiro atoms. The van der Waals surface area contributed by atoms with Gasteiger partial charge >= 0.3 is 8.72 Å². The first-order valence-electron chi connectivity index (χ1n) is 11.5. The van der Waals surface area contributed by atoms with Crippen molar-refractivity contribution in [3.63, 3.8) is 0 Å². The molecule has 3 unspecified atom stereocenters. The van der Waals surface area contributed by atoms with Crippen LogP contribution in [0.4, 0.5) is 22.7 Å². The first-order chi connectivity index (χ1) is 16.4. The summed E-state index contributed by atoms with van der Waals surface area (Å²) in [7, 11) is -2.71. The first kappa shape index (κ1) is 24.4. The summed E-state index contributed by atoms with van der Waals surface area (Å²) in [4.78, 5) is 0. The van der Waals surface area contributed by atoms with Crippen molar-refractivity contribution in [2.24, 2.45) is 11.8 Å². The normalized spacial score (nSPS) is 25.4. The number of anilines is 4. The zero-order chi connectivity index (χ0) is 24.1. The van der Waals surface area contributed by atoms with E-state index in [1.54, 1.807) is 0 Å². The summed E-state index contributed by atoms with van der Waals surface area (Å²) < 4.78 is 9.23. The van der Waals surface area contributed by atoms with Crippen LogP contribution in [0.15, 0.2) is 73.8 Å². The minimum atomic E-state index is -2.71. The van der Waals surface area contributed by atoms with Crippen LogP contribution in [0.1, 0.15) is 6.42 Å². The van der Waals surface area contributed by atoms with Crippen molar-refractivity contribution >= 4 is 82.2 Å². The summed E-state index contributed by atoms with van der Waals surface area (Å²) in [5.74, 6) is 0.524. The third-order valence-electron chi connectivity index (χ3n) is 7.19. The van der Waals surface area contributed by atoms with Gasteiger partial charge in [-0.05, 0) is 42.5 Å². The predicted molar refractivity (Wildman–Crippen MR) is 154 cm³/mol. The minimum Gasteiger partial charge on any atom is -0.345 e. The molecule has 3 atom stereocenters. The quantitative estimate of drug-likeness (QED) is 0.205. The van der Waals surface area contributed by atoms with E-state index >= 15 is 0 Å². The monoisotopic (exact) mass is 596 g/mol.